The summed E-state index contributed by atoms with van der Waals surface area (Å²) in [7, 11) is 0. The molecule has 2 fully saturated rings. The molecule has 2 aliphatic carbocycles. The van der Waals surface area contributed by atoms with Crippen LogP contribution in [0, 0.1) is 23.7 Å². The number of amides is 2. The van der Waals surface area contributed by atoms with Crippen LogP contribution in [-0.4, -0.2) is 40.9 Å². The number of carbonyl (C=O) groups is 3. The first kappa shape index (κ1) is 17.8. The van der Waals surface area contributed by atoms with Gasteiger partial charge in [-0.15, -0.1) is 0 Å². The normalized spacial score (nSPS) is 29.0. The average molecular weight is 368 g/mol. The van der Waals surface area contributed by atoms with Crippen LogP contribution in [0.5, 0.6) is 0 Å². The Morgan fingerprint density at radius 3 is 2.41 bits per heavy atom. The number of nitrogens with one attached hydrogen (secondary N) is 1. The van der Waals surface area contributed by atoms with E-state index in [1.165, 1.54) is 0 Å². The Morgan fingerprint density at radius 1 is 1.00 bits per heavy atom. The predicted octanol–water partition coefficient (Wildman–Crippen LogP) is 2.77. The number of aliphatic carboxylic acids is 1. The molecule has 0 spiro atoms. The second kappa shape index (κ2) is 7.18. The third-order valence-corrected chi connectivity index (χ3v) is 6.07. The van der Waals surface area contributed by atoms with E-state index < -0.39 is 17.8 Å². The summed E-state index contributed by atoms with van der Waals surface area (Å²) >= 11 is 0. The highest BCUT2D eigenvalue weighted by atomic mass is 16.4. The molecule has 1 heterocycles. The molecule has 2 amide bonds. The summed E-state index contributed by atoms with van der Waals surface area (Å²) in [6.45, 7) is 1.54. The molecule has 4 atom stereocenters. The van der Waals surface area contributed by atoms with Crippen LogP contribution < -0.4 is 5.32 Å². The Kier molecular flexibility index (Phi) is 4.72. The average Bonchev–Trinajstić information content (AvgIpc) is 3.30. The minimum Gasteiger partial charge on any atom is -0.481 e. The van der Waals surface area contributed by atoms with Crippen molar-refractivity contribution >= 4 is 23.5 Å². The van der Waals surface area contributed by atoms with Gasteiger partial charge in [0.1, 0.15) is 0 Å². The fourth-order valence-corrected chi connectivity index (χ4v) is 4.75. The van der Waals surface area contributed by atoms with Crippen molar-refractivity contribution in [3.63, 3.8) is 0 Å². The first-order valence-electron chi connectivity index (χ1n) is 9.66. The maximum atomic E-state index is 12.8. The molecule has 3 aliphatic rings. The lowest BCUT2D eigenvalue weighted by Gasteiger charge is -2.27. The van der Waals surface area contributed by atoms with Gasteiger partial charge in [-0.2, -0.15) is 0 Å². The molecule has 0 radical (unpaired) electrons. The van der Waals surface area contributed by atoms with E-state index in [0.717, 1.165) is 38.8 Å². The molecular formula is C21H24N2O4. The molecule has 1 aliphatic heterocycles. The zero-order chi connectivity index (χ0) is 19.0. The number of carboxylic acids is 1. The summed E-state index contributed by atoms with van der Waals surface area (Å²) in [5.74, 6) is -2.51. The summed E-state index contributed by atoms with van der Waals surface area (Å²) in [5, 5.41) is 12.4. The highest BCUT2D eigenvalue weighted by molar-refractivity contribution is 5.99. The van der Waals surface area contributed by atoms with Crippen molar-refractivity contribution in [2.75, 3.05) is 18.4 Å². The van der Waals surface area contributed by atoms with Gasteiger partial charge in [-0.25, -0.2) is 0 Å². The van der Waals surface area contributed by atoms with Crippen LogP contribution in [0.25, 0.3) is 0 Å². The Morgan fingerprint density at radius 2 is 1.70 bits per heavy atom. The van der Waals surface area contributed by atoms with Crippen LogP contribution in [0.1, 0.15) is 36.0 Å². The van der Waals surface area contributed by atoms with Gasteiger partial charge in [-0.05, 0) is 55.7 Å². The second-order valence-electron chi connectivity index (χ2n) is 7.76. The molecule has 1 aromatic rings. The number of allylic oxidation sites excluding steroid dienone is 2. The van der Waals surface area contributed by atoms with Crippen molar-refractivity contribution in [2.45, 2.75) is 25.7 Å². The number of hydrogen-bond acceptors (Lipinski definition) is 3. The summed E-state index contributed by atoms with van der Waals surface area (Å²) in [4.78, 5) is 38.9. The molecule has 27 heavy (non-hydrogen) atoms. The van der Waals surface area contributed by atoms with E-state index >= 15 is 0 Å². The lowest BCUT2D eigenvalue weighted by Crippen LogP contribution is -2.36. The molecule has 1 saturated carbocycles. The third-order valence-electron chi connectivity index (χ3n) is 6.07. The number of fused-ring (bicyclic) bond motifs is 2. The molecule has 0 aromatic heterocycles. The zero-order valence-electron chi connectivity index (χ0n) is 15.1. The van der Waals surface area contributed by atoms with E-state index in [1.807, 2.05) is 17.1 Å². The fourth-order valence-electron chi connectivity index (χ4n) is 4.75. The van der Waals surface area contributed by atoms with E-state index in [2.05, 4.69) is 5.32 Å². The van der Waals surface area contributed by atoms with E-state index in [1.54, 1.807) is 24.3 Å². The van der Waals surface area contributed by atoms with Crippen molar-refractivity contribution in [1.29, 1.82) is 0 Å². The smallest absolute Gasteiger partial charge is 0.307 e. The first-order valence-corrected chi connectivity index (χ1v) is 9.66. The Labute approximate surface area is 158 Å². The molecule has 2 N–H and O–H groups in total. The molecule has 1 saturated heterocycles. The topological polar surface area (TPSA) is 86.7 Å². The molecule has 142 valence electrons. The van der Waals surface area contributed by atoms with Crippen LogP contribution in [0.4, 0.5) is 5.69 Å². The van der Waals surface area contributed by atoms with Crippen LogP contribution in [0.2, 0.25) is 0 Å². The first-order chi connectivity index (χ1) is 13.0. The zero-order valence-corrected chi connectivity index (χ0v) is 15.1. The standard InChI is InChI=1S/C21H24N2O4/c24-19(17-13-7-8-14(11-13)18(17)21(26)27)22-16-6-4-5-15(12-16)20(25)23-9-2-1-3-10-23/h4-8,12-14,17-18H,1-3,9-11H2,(H,22,24)(H,26,27)/t13-,14+,17+,18+/m0/s1. The summed E-state index contributed by atoms with van der Waals surface area (Å²) in [6.07, 6.45) is 7.81. The molecule has 6 nitrogen and oxygen atoms in total. The lowest BCUT2D eigenvalue weighted by molar-refractivity contribution is -0.146. The van der Waals surface area contributed by atoms with Gasteiger partial charge >= 0.3 is 5.97 Å². The largest absolute Gasteiger partial charge is 0.481 e. The van der Waals surface area contributed by atoms with Gasteiger partial charge < -0.3 is 15.3 Å². The fraction of sp³-hybridized carbons (Fsp3) is 0.476. The molecule has 6 heteroatoms. The highest BCUT2D eigenvalue weighted by Crippen LogP contribution is 2.48. The van der Waals surface area contributed by atoms with E-state index in [0.29, 0.717) is 11.3 Å². The monoisotopic (exact) mass is 368 g/mol. The Hall–Kier alpha value is -2.63. The van der Waals surface area contributed by atoms with Crippen LogP contribution >= 0.6 is 0 Å². The molecule has 4 rings (SSSR count). The number of benzene rings is 1. The predicted molar refractivity (Wildman–Crippen MR) is 100 cm³/mol. The maximum Gasteiger partial charge on any atom is 0.307 e. The molecular weight excluding hydrogens is 344 g/mol. The Balaban J connectivity index is 1.48. The van der Waals surface area contributed by atoms with Gasteiger partial charge in [-0.3, -0.25) is 14.4 Å². The third kappa shape index (κ3) is 3.36. The van der Waals surface area contributed by atoms with Crippen molar-refractivity contribution in [3.05, 3.63) is 42.0 Å². The number of hydrogen-bond donors (Lipinski definition) is 2. The van der Waals surface area contributed by atoms with Crippen LogP contribution in [0.3, 0.4) is 0 Å². The number of piperidine rings is 1. The van der Waals surface area contributed by atoms with Gasteiger partial charge in [0.2, 0.25) is 5.91 Å². The van der Waals surface area contributed by atoms with Crippen molar-refractivity contribution in [2.24, 2.45) is 23.7 Å². The number of likely N-dealkylation sites (tertiary alicyclic amines) is 1. The second-order valence-corrected chi connectivity index (χ2v) is 7.76. The van der Waals surface area contributed by atoms with Crippen molar-refractivity contribution < 1.29 is 19.5 Å². The number of carbonyl (C=O) groups excluding carboxylic acids is 2. The maximum absolute atomic E-state index is 12.8. The molecule has 0 unspecified atom stereocenters. The minimum atomic E-state index is -0.916. The quantitative estimate of drug-likeness (QED) is 0.800. The summed E-state index contributed by atoms with van der Waals surface area (Å²) < 4.78 is 0. The van der Waals surface area contributed by atoms with Gasteiger partial charge in [0.25, 0.3) is 5.91 Å². The molecule has 1 aromatic carbocycles. The van der Waals surface area contributed by atoms with E-state index in [4.69, 9.17) is 0 Å². The number of carboxylic acid groups (broad SMARTS) is 1. The molecule has 2 bridgehead atoms. The van der Waals surface area contributed by atoms with Gasteiger partial charge in [0.15, 0.2) is 0 Å². The SMILES string of the molecule is O=C(O)[C@H]1[C@H](C(=O)Nc2cccc(C(=O)N3CCCCC3)c2)[C@H]2C=C[C@@H]1C2. The van der Waals surface area contributed by atoms with Crippen LogP contribution in [-0.2, 0) is 9.59 Å². The van der Waals surface area contributed by atoms with E-state index in [-0.39, 0.29) is 23.7 Å². The van der Waals surface area contributed by atoms with Crippen LogP contribution in [0.15, 0.2) is 36.4 Å². The highest BCUT2D eigenvalue weighted by Gasteiger charge is 2.51. The van der Waals surface area contributed by atoms with Gasteiger partial charge in [0.05, 0.1) is 11.8 Å². The minimum absolute atomic E-state index is 0.0166. The van der Waals surface area contributed by atoms with Crippen molar-refractivity contribution in [1.82, 2.24) is 4.90 Å². The summed E-state index contributed by atoms with van der Waals surface area (Å²) in [5.41, 5.74) is 1.09. The van der Waals surface area contributed by atoms with Gasteiger partial charge in [0, 0.05) is 24.3 Å². The number of anilines is 1. The van der Waals surface area contributed by atoms with Crippen molar-refractivity contribution in [3.8, 4) is 0 Å². The number of rotatable bonds is 4. The summed E-state index contributed by atoms with van der Waals surface area (Å²) in [6, 6.07) is 6.94. The lowest BCUT2D eigenvalue weighted by atomic mass is 9.82. The Bertz CT molecular complexity index is 797. The van der Waals surface area contributed by atoms with E-state index in [9.17, 15) is 19.5 Å². The number of nitrogens with zero attached hydrogens (tertiary/aromatic N) is 1. The van der Waals surface area contributed by atoms with Gasteiger partial charge in [-0.1, -0.05) is 18.2 Å².